The normalized spacial score (nSPS) is 22.4. The molecule has 0 spiro atoms. The molecule has 0 saturated carbocycles. The van der Waals surface area contributed by atoms with Gasteiger partial charge in [0.25, 0.3) is 0 Å². The van der Waals surface area contributed by atoms with E-state index in [0.29, 0.717) is 18.8 Å². The van der Waals surface area contributed by atoms with Crippen LogP contribution in [0, 0.1) is 5.92 Å². The Morgan fingerprint density at radius 3 is 2.63 bits per heavy atom. The van der Waals surface area contributed by atoms with Crippen LogP contribution in [0.1, 0.15) is 12.0 Å². The molecule has 2 aliphatic rings. The summed E-state index contributed by atoms with van der Waals surface area (Å²) in [6.07, 6.45) is -1.26. The molecule has 0 radical (unpaired) electrons. The van der Waals surface area contributed by atoms with Crippen LogP contribution >= 0.6 is 11.8 Å². The van der Waals surface area contributed by atoms with Crippen LogP contribution in [0.5, 0.6) is 0 Å². The molecule has 0 aliphatic carbocycles. The van der Waals surface area contributed by atoms with Gasteiger partial charge in [-0.1, -0.05) is 30.3 Å². The number of hydrogen-bond donors (Lipinski definition) is 2. The third-order valence-electron chi connectivity index (χ3n) is 4.78. The van der Waals surface area contributed by atoms with E-state index in [4.69, 9.17) is 4.74 Å². The van der Waals surface area contributed by atoms with Crippen LogP contribution in [-0.2, 0) is 16.1 Å². The summed E-state index contributed by atoms with van der Waals surface area (Å²) in [7, 11) is 0. The van der Waals surface area contributed by atoms with Gasteiger partial charge in [-0.15, -0.1) is 11.8 Å². The molecule has 0 bridgehead atoms. The summed E-state index contributed by atoms with van der Waals surface area (Å²) in [5.74, 6) is 0.767. The fraction of sp³-hybridized carbons (Fsp3) is 0.500. The molecule has 146 valence electrons. The number of alkyl carbamates (subject to hydrolysis) is 1. The van der Waals surface area contributed by atoms with E-state index in [1.807, 2.05) is 30.3 Å². The van der Waals surface area contributed by atoms with E-state index < -0.39 is 24.1 Å². The van der Waals surface area contributed by atoms with Crippen molar-refractivity contribution < 1.29 is 24.2 Å². The van der Waals surface area contributed by atoms with Crippen molar-refractivity contribution in [2.75, 3.05) is 31.3 Å². The van der Waals surface area contributed by atoms with Gasteiger partial charge in [-0.3, -0.25) is 4.79 Å². The van der Waals surface area contributed by atoms with E-state index in [-0.39, 0.29) is 25.6 Å². The number of thioether (sulfide) groups is 1. The predicted octanol–water partition coefficient (Wildman–Crippen LogP) is 1.81. The van der Waals surface area contributed by atoms with Gasteiger partial charge in [0.1, 0.15) is 6.61 Å². The second kappa shape index (κ2) is 8.98. The van der Waals surface area contributed by atoms with Crippen molar-refractivity contribution in [3.05, 3.63) is 35.9 Å². The zero-order valence-corrected chi connectivity index (χ0v) is 15.7. The van der Waals surface area contributed by atoms with Crippen molar-refractivity contribution in [3.8, 4) is 0 Å². The largest absolute Gasteiger partial charge is 0.465 e. The number of nitrogens with zero attached hydrogens (tertiary/aromatic N) is 2. The quantitative estimate of drug-likeness (QED) is 0.810. The van der Waals surface area contributed by atoms with E-state index in [0.717, 1.165) is 11.3 Å². The van der Waals surface area contributed by atoms with E-state index in [1.165, 1.54) is 4.90 Å². The molecular weight excluding hydrogens is 370 g/mol. The van der Waals surface area contributed by atoms with Gasteiger partial charge in [0, 0.05) is 31.4 Å². The molecule has 9 heteroatoms. The van der Waals surface area contributed by atoms with Crippen LogP contribution in [0.4, 0.5) is 9.59 Å². The van der Waals surface area contributed by atoms with Crippen LogP contribution in [0.2, 0.25) is 0 Å². The van der Waals surface area contributed by atoms with E-state index in [2.05, 4.69) is 5.32 Å². The molecule has 2 aliphatic heterocycles. The number of amides is 3. The Labute approximate surface area is 161 Å². The SMILES string of the molecule is O=C(N[C@H]1CCN(C(=O)O)C[C@H]1C(=O)N1CCSC1)OCc1ccccc1. The fourth-order valence-electron chi connectivity index (χ4n) is 3.29. The van der Waals surface area contributed by atoms with Crippen LogP contribution in [0.25, 0.3) is 0 Å². The number of piperidine rings is 1. The minimum atomic E-state index is -1.05. The molecule has 2 atom stereocenters. The highest BCUT2D eigenvalue weighted by Crippen LogP contribution is 2.23. The summed E-state index contributed by atoms with van der Waals surface area (Å²) in [4.78, 5) is 39.3. The maximum absolute atomic E-state index is 12.8. The average Bonchev–Trinajstić information content (AvgIpc) is 3.21. The Kier molecular flexibility index (Phi) is 6.44. The highest BCUT2D eigenvalue weighted by atomic mass is 32.2. The predicted molar refractivity (Wildman–Crippen MR) is 100 cm³/mol. The third kappa shape index (κ3) is 5.06. The molecule has 3 rings (SSSR count). The van der Waals surface area contributed by atoms with Gasteiger partial charge in [0.05, 0.1) is 11.8 Å². The maximum atomic E-state index is 12.8. The van der Waals surface area contributed by atoms with Crippen molar-refractivity contribution in [2.24, 2.45) is 5.92 Å². The first kappa shape index (κ1) is 19.3. The lowest BCUT2D eigenvalue weighted by atomic mass is 9.91. The zero-order chi connectivity index (χ0) is 19.2. The number of rotatable bonds is 4. The first-order valence-corrected chi connectivity index (χ1v) is 10.0. The van der Waals surface area contributed by atoms with Crippen molar-refractivity contribution in [2.45, 2.75) is 19.1 Å². The van der Waals surface area contributed by atoms with Crippen LogP contribution in [0.3, 0.4) is 0 Å². The summed E-state index contributed by atoms with van der Waals surface area (Å²) in [5, 5.41) is 12.0. The Morgan fingerprint density at radius 1 is 1.19 bits per heavy atom. The number of carbonyl (C=O) groups excluding carboxylic acids is 2. The molecule has 3 amide bonds. The number of carboxylic acid groups (broad SMARTS) is 1. The lowest BCUT2D eigenvalue weighted by Gasteiger charge is -2.37. The topological polar surface area (TPSA) is 99.2 Å². The van der Waals surface area contributed by atoms with Crippen LogP contribution in [-0.4, -0.2) is 70.3 Å². The van der Waals surface area contributed by atoms with Crippen molar-refractivity contribution in [1.82, 2.24) is 15.1 Å². The average molecular weight is 393 g/mol. The molecule has 2 fully saturated rings. The van der Waals surface area contributed by atoms with Gasteiger partial charge in [-0.2, -0.15) is 0 Å². The highest BCUT2D eigenvalue weighted by molar-refractivity contribution is 7.99. The standard InChI is InChI=1S/C18H23N3O5S/c22-16(21-8-9-27-12-21)14-10-20(18(24)25)7-6-15(14)19-17(23)26-11-13-4-2-1-3-5-13/h1-5,14-15H,6-12H2,(H,19,23)(H,24,25)/t14-,15+/m1/s1. The highest BCUT2D eigenvalue weighted by Gasteiger charge is 2.39. The Balaban J connectivity index is 1.61. The number of nitrogens with one attached hydrogen (secondary N) is 1. The van der Waals surface area contributed by atoms with E-state index in [1.54, 1.807) is 16.7 Å². The molecule has 1 aromatic rings. The summed E-state index contributed by atoms with van der Waals surface area (Å²) in [5.41, 5.74) is 0.870. The van der Waals surface area contributed by atoms with Gasteiger partial charge in [-0.25, -0.2) is 9.59 Å². The van der Waals surface area contributed by atoms with Crippen molar-refractivity contribution in [3.63, 3.8) is 0 Å². The van der Waals surface area contributed by atoms with Crippen LogP contribution in [0.15, 0.2) is 30.3 Å². The van der Waals surface area contributed by atoms with Crippen molar-refractivity contribution >= 4 is 29.9 Å². The number of carbonyl (C=O) groups is 3. The van der Waals surface area contributed by atoms with E-state index in [9.17, 15) is 19.5 Å². The smallest absolute Gasteiger partial charge is 0.407 e. The maximum Gasteiger partial charge on any atom is 0.407 e. The molecule has 2 N–H and O–H groups in total. The molecule has 0 unspecified atom stereocenters. The minimum absolute atomic E-state index is 0.0823. The summed E-state index contributed by atoms with van der Waals surface area (Å²) in [6.45, 7) is 1.15. The van der Waals surface area contributed by atoms with Gasteiger partial charge in [0.15, 0.2) is 0 Å². The summed E-state index contributed by atoms with van der Waals surface area (Å²) < 4.78 is 5.25. The van der Waals surface area contributed by atoms with Crippen LogP contribution < -0.4 is 5.32 Å². The first-order valence-electron chi connectivity index (χ1n) is 8.86. The number of benzene rings is 1. The zero-order valence-electron chi connectivity index (χ0n) is 14.9. The Morgan fingerprint density at radius 2 is 1.96 bits per heavy atom. The lowest BCUT2D eigenvalue weighted by molar-refractivity contribution is -0.136. The third-order valence-corrected chi connectivity index (χ3v) is 5.75. The van der Waals surface area contributed by atoms with Crippen molar-refractivity contribution in [1.29, 1.82) is 0 Å². The second-order valence-corrected chi connectivity index (χ2v) is 7.65. The molecule has 2 saturated heterocycles. The van der Waals surface area contributed by atoms with E-state index >= 15 is 0 Å². The molecule has 1 aromatic carbocycles. The van der Waals surface area contributed by atoms with Gasteiger partial charge in [-0.05, 0) is 12.0 Å². The monoisotopic (exact) mass is 393 g/mol. The summed E-state index contributed by atoms with van der Waals surface area (Å²) >= 11 is 1.67. The first-order chi connectivity index (χ1) is 13.0. The molecule has 27 heavy (non-hydrogen) atoms. The number of ether oxygens (including phenoxy) is 1. The minimum Gasteiger partial charge on any atom is -0.465 e. The molecule has 0 aromatic heterocycles. The lowest BCUT2D eigenvalue weighted by Crippen LogP contribution is -2.57. The summed E-state index contributed by atoms with van der Waals surface area (Å²) in [6, 6.07) is 8.88. The molecule has 8 nitrogen and oxygen atoms in total. The second-order valence-electron chi connectivity index (χ2n) is 6.58. The molecular formula is C18H23N3O5S. The number of hydrogen-bond acceptors (Lipinski definition) is 5. The van der Waals surface area contributed by atoms with Gasteiger partial charge >= 0.3 is 12.2 Å². The Bertz CT molecular complexity index is 681. The molecule has 2 heterocycles. The Hall–Kier alpha value is -2.42. The fourth-order valence-corrected chi connectivity index (χ4v) is 4.24. The van der Waals surface area contributed by atoms with Gasteiger partial charge < -0.3 is 25.0 Å². The number of likely N-dealkylation sites (tertiary alicyclic amines) is 1. The van der Waals surface area contributed by atoms with Gasteiger partial charge in [0.2, 0.25) is 5.91 Å².